The second-order valence-corrected chi connectivity index (χ2v) is 9.89. The third-order valence-corrected chi connectivity index (χ3v) is 6.61. The highest BCUT2D eigenvalue weighted by atomic mass is 35.5. The van der Waals surface area contributed by atoms with Crippen molar-refractivity contribution in [1.29, 1.82) is 0 Å². The molecule has 0 atom stereocenters. The maximum Gasteiger partial charge on any atom is 0.251 e. The first-order valence-corrected chi connectivity index (χ1v) is 11.7. The van der Waals surface area contributed by atoms with Crippen molar-refractivity contribution in [2.45, 2.75) is 38.6 Å². The zero-order valence-corrected chi connectivity index (χ0v) is 19.4. The van der Waals surface area contributed by atoms with Gasteiger partial charge in [-0.2, -0.15) is 4.31 Å². The van der Waals surface area contributed by atoms with Gasteiger partial charge in [-0.05, 0) is 61.7 Å². The van der Waals surface area contributed by atoms with E-state index in [0.717, 1.165) is 6.42 Å². The number of rotatable bonds is 10. The van der Waals surface area contributed by atoms with E-state index in [1.807, 2.05) is 6.92 Å². The van der Waals surface area contributed by atoms with Gasteiger partial charge in [0.2, 0.25) is 10.0 Å². The average molecular weight is 453 g/mol. The van der Waals surface area contributed by atoms with Crippen molar-refractivity contribution in [3.63, 3.8) is 0 Å². The van der Waals surface area contributed by atoms with E-state index >= 15 is 0 Å². The number of sulfonamides is 1. The summed E-state index contributed by atoms with van der Waals surface area (Å²) in [6.07, 6.45) is 0.887. The number of nitrogens with one attached hydrogen (secondary N) is 1. The predicted octanol–water partition coefficient (Wildman–Crippen LogP) is 4.34. The molecule has 2 rings (SSSR count). The summed E-state index contributed by atoms with van der Waals surface area (Å²) in [5.41, 5.74) is 1.09. The number of hydrogen-bond acceptors (Lipinski definition) is 4. The van der Waals surface area contributed by atoms with Crippen LogP contribution in [0.5, 0.6) is 5.75 Å². The van der Waals surface area contributed by atoms with Crippen molar-refractivity contribution in [1.82, 2.24) is 9.62 Å². The summed E-state index contributed by atoms with van der Waals surface area (Å²) in [4.78, 5) is 12.6. The molecule has 0 fully saturated rings. The molecule has 0 aliphatic rings. The normalized spacial score (nSPS) is 11.7. The van der Waals surface area contributed by atoms with Crippen LogP contribution < -0.4 is 10.1 Å². The molecule has 1 N–H and O–H groups in total. The van der Waals surface area contributed by atoms with Crippen molar-refractivity contribution < 1.29 is 17.9 Å². The van der Waals surface area contributed by atoms with Gasteiger partial charge in [-0.1, -0.05) is 25.4 Å². The second-order valence-electron chi connectivity index (χ2n) is 7.41. The minimum atomic E-state index is -3.72. The van der Waals surface area contributed by atoms with Gasteiger partial charge in [0.25, 0.3) is 5.91 Å². The van der Waals surface area contributed by atoms with Gasteiger partial charge in [-0.3, -0.25) is 4.79 Å². The zero-order valence-electron chi connectivity index (χ0n) is 17.8. The molecule has 0 saturated carbocycles. The number of ether oxygens (including phenoxy) is 1. The van der Waals surface area contributed by atoms with Crippen LogP contribution in [-0.2, 0) is 16.6 Å². The Morgan fingerprint density at radius 3 is 2.43 bits per heavy atom. The van der Waals surface area contributed by atoms with E-state index in [1.54, 1.807) is 18.2 Å². The first-order valence-electron chi connectivity index (χ1n) is 9.91. The van der Waals surface area contributed by atoms with Crippen LogP contribution in [-0.4, -0.2) is 38.8 Å². The van der Waals surface area contributed by atoms with Crippen molar-refractivity contribution in [3.05, 3.63) is 58.6 Å². The fourth-order valence-corrected chi connectivity index (χ4v) is 4.10. The van der Waals surface area contributed by atoms with Crippen molar-refractivity contribution in [3.8, 4) is 5.75 Å². The van der Waals surface area contributed by atoms with Crippen LogP contribution in [0.4, 0.5) is 0 Å². The Morgan fingerprint density at radius 2 is 1.83 bits per heavy atom. The number of halogens is 1. The molecule has 164 valence electrons. The molecule has 30 heavy (non-hydrogen) atoms. The molecule has 0 heterocycles. The van der Waals surface area contributed by atoms with E-state index in [-0.39, 0.29) is 17.3 Å². The minimum Gasteiger partial charge on any atom is -0.494 e. The van der Waals surface area contributed by atoms with Crippen molar-refractivity contribution >= 4 is 27.5 Å². The van der Waals surface area contributed by atoms with Gasteiger partial charge in [-0.15, -0.1) is 0 Å². The second kappa shape index (κ2) is 10.8. The molecule has 0 radical (unpaired) electrons. The van der Waals surface area contributed by atoms with Crippen LogP contribution in [0.25, 0.3) is 0 Å². The first-order chi connectivity index (χ1) is 14.1. The van der Waals surface area contributed by atoms with Crippen molar-refractivity contribution in [2.75, 3.05) is 20.2 Å². The van der Waals surface area contributed by atoms with Gasteiger partial charge < -0.3 is 10.1 Å². The molecular weight excluding hydrogens is 424 g/mol. The molecule has 8 heteroatoms. The van der Waals surface area contributed by atoms with Crippen LogP contribution in [0.1, 0.15) is 43.1 Å². The van der Waals surface area contributed by atoms with Gasteiger partial charge in [0, 0.05) is 36.3 Å². The van der Waals surface area contributed by atoms with E-state index in [4.69, 9.17) is 16.3 Å². The highest BCUT2D eigenvalue weighted by molar-refractivity contribution is 7.89. The summed E-state index contributed by atoms with van der Waals surface area (Å²) in [7, 11) is -2.23. The highest BCUT2D eigenvalue weighted by Gasteiger charge is 2.22. The van der Waals surface area contributed by atoms with Gasteiger partial charge in [0.05, 0.1) is 11.5 Å². The lowest BCUT2D eigenvalue weighted by atomic mass is 10.1. The lowest BCUT2D eigenvalue weighted by molar-refractivity contribution is 0.0952. The summed E-state index contributed by atoms with van der Waals surface area (Å²) >= 11 is 5.86. The number of carbonyl (C=O) groups excluding carboxylic acids is 1. The van der Waals surface area contributed by atoms with Crippen LogP contribution >= 0.6 is 11.6 Å². The molecule has 6 nitrogen and oxygen atoms in total. The van der Waals surface area contributed by atoms with Gasteiger partial charge in [-0.25, -0.2) is 8.42 Å². The minimum absolute atomic E-state index is 0.0629. The lowest BCUT2D eigenvalue weighted by Gasteiger charge is -2.20. The SMILES string of the molecule is CCOc1ccc(C(=O)NCCC(C)C)cc1CN(C)S(=O)(=O)c1ccc(Cl)cc1. The Labute approximate surface area is 184 Å². The number of amides is 1. The molecule has 0 aromatic heterocycles. The first kappa shape index (κ1) is 24.2. The quantitative estimate of drug-likeness (QED) is 0.582. The van der Waals surface area contributed by atoms with E-state index in [1.165, 1.54) is 35.6 Å². The predicted molar refractivity (Wildman–Crippen MR) is 120 cm³/mol. The van der Waals surface area contributed by atoms with Gasteiger partial charge in [0.15, 0.2) is 0 Å². The van der Waals surface area contributed by atoms with Gasteiger partial charge >= 0.3 is 0 Å². The lowest BCUT2D eigenvalue weighted by Crippen LogP contribution is -2.28. The fourth-order valence-electron chi connectivity index (χ4n) is 2.83. The zero-order chi connectivity index (χ0) is 22.3. The summed E-state index contributed by atoms with van der Waals surface area (Å²) in [5.74, 6) is 0.852. The third-order valence-electron chi connectivity index (χ3n) is 4.54. The largest absolute Gasteiger partial charge is 0.494 e. The summed E-state index contributed by atoms with van der Waals surface area (Å²) < 4.78 is 32.7. The Morgan fingerprint density at radius 1 is 1.17 bits per heavy atom. The Hall–Kier alpha value is -2.09. The Kier molecular flexibility index (Phi) is 8.70. The number of nitrogens with zero attached hydrogens (tertiary/aromatic N) is 1. The summed E-state index contributed by atoms with van der Waals surface area (Å²) in [6.45, 7) is 7.12. The summed E-state index contributed by atoms with van der Waals surface area (Å²) in [6, 6.07) is 11.1. The van der Waals surface area contributed by atoms with Crippen LogP contribution in [0.2, 0.25) is 5.02 Å². The summed E-state index contributed by atoms with van der Waals surface area (Å²) in [5, 5.41) is 3.36. The molecule has 2 aromatic rings. The smallest absolute Gasteiger partial charge is 0.251 e. The molecule has 0 bridgehead atoms. The van der Waals surface area contributed by atoms with E-state index in [9.17, 15) is 13.2 Å². The number of hydrogen-bond donors (Lipinski definition) is 1. The van der Waals surface area contributed by atoms with Crippen LogP contribution in [0.3, 0.4) is 0 Å². The Balaban J connectivity index is 2.25. The van der Waals surface area contributed by atoms with Gasteiger partial charge in [0.1, 0.15) is 5.75 Å². The fraction of sp³-hybridized carbons (Fsp3) is 0.409. The maximum atomic E-state index is 12.9. The van der Waals surface area contributed by atoms with Crippen molar-refractivity contribution in [2.24, 2.45) is 5.92 Å². The third kappa shape index (κ3) is 6.45. The van der Waals surface area contributed by atoms with E-state index in [0.29, 0.717) is 41.0 Å². The van der Waals surface area contributed by atoms with Crippen LogP contribution in [0, 0.1) is 5.92 Å². The molecular formula is C22H29ClN2O4S. The Bertz CT molecular complexity index is 960. The molecule has 1 amide bonds. The topological polar surface area (TPSA) is 75.7 Å². The number of carbonyl (C=O) groups is 1. The van der Waals surface area contributed by atoms with E-state index in [2.05, 4.69) is 19.2 Å². The monoisotopic (exact) mass is 452 g/mol. The molecule has 0 spiro atoms. The molecule has 2 aromatic carbocycles. The van der Waals surface area contributed by atoms with E-state index < -0.39 is 10.0 Å². The highest BCUT2D eigenvalue weighted by Crippen LogP contribution is 2.25. The molecule has 0 saturated heterocycles. The average Bonchev–Trinajstić information content (AvgIpc) is 2.69. The maximum absolute atomic E-state index is 12.9. The standard InChI is InChI=1S/C22H29ClN2O4S/c1-5-29-21-11-6-17(22(26)24-13-12-16(2)3)14-18(21)15-25(4)30(27,28)20-9-7-19(23)8-10-20/h6-11,14,16H,5,12-13,15H2,1-4H3,(H,24,26). The molecule has 0 aliphatic carbocycles. The molecule has 0 aliphatic heterocycles. The number of benzene rings is 2. The molecule has 0 unspecified atom stereocenters. The van der Waals surface area contributed by atoms with Crippen LogP contribution in [0.15, 0.2) is 47.4 Å².